The van der Waals surface area contributed by atoms with Crippen LogP contribution in [0, 0.1) is 17.0 Å². The van der Waals surface area contributed by atoms with Crippen LogP contribution in [0.15, 0.2) is 48.5 Å². The van der Waals surface area contributed by atoms with E-state index in [1.807, 2.05) is 12.1 Å². The summed E-state index contributed by atoms with van der Waals surface area (Å²) in [5.74, 6) is -0.509. The van der Waals surface area contributed by atoms with Gasteiger partial charge in [0.1, 0.15) is 11.6 Å². The summed E-state index contributed by atoms with van der Waals surface area (Å²) >= 11 is 0. The average Bonchev–Trinajstić information content (AvgIpc) is 2.47. The molecule has 0 aromatic heterocycles. The first-order chi connectivity index (χ1) is 10.00. The molecule has 0 aliphatic carbocycles. The van der Waals surface area contributed by atoms with Gasteiger partial charge in [0.15, 0.2) is 0 Å². The fourth-order valence-corrected chi connectivity index (χ4v) is 3.03. The molecule has 22 heavy (non-hydrogen) atoms. The molecule has 2 aromatic rings. The Labute approximate surface area is 132 Å². The molecule has 2 rings (SSSR count). The van der Waals surface area contributed by atoms with E-state index in [9.17, 15) is 8.78 Å². The molecule has 0 radical (unpaired) electrons. The molecule has 0 fully saturated rings. The quantitative estimate of drug-likeness (QED) is 0.713. The zero-order chi connectivity index (χ0) is 15.5. The van der Waals surface area contributed by atoms with Crippen molar-refractivity contribution in [2.75, 3.05) is 0 Å². The topological polar surface area (TPSA) is 35.0 Å². The van der Waals surface area contributed by atoms with Crippen LogP contribution in [-0.2, 0) is 0 Å². The molecule has 0 amide bonds. The molecule has 0 saturated carbocycles. The molecule has 120 valence electrons. The van der Waals surface area contributed by atoms with Crippen LogP contribution in [0.4, 0.5) is 8.78 Å². The molecular weight excluding hydrogens is 280 g/mol. The monoisotopic (exact) mass is 305 g/mol. The van der Waals surface area contributed by atoms with E-state index < -0.39 is 0 Å². The van der Waals surface area contributed by atoms with Crippen LogP contribution in [-0.4, -0.2) is 0 Å². The first kappa shape index (κ1) is 18.3. The van der Waals surface area contributed by atoms with Gasteiger partial charge in [0, 0.05) is 5.92 Å². The van der Waals surface area contributed by atoms with Crippen molar-refractivity contribution in [3.8, 4) is 0 Å². The van der Waals surface area contributed by atoms with E-state index in [4.69, 9.17) is 0 Å². The third-order valence-electron chi connectivity index (χ3n) is 4.68. The number of benzene rings is 2. The standard InChI is InChI=1S/C19H22F2.H3N/c1-4-19(3,5-2)18(14-8-6-10-16(20)12-14)15-9-7-11-17(21)13-15;/h6-13,18H,4-5H2,1-3H3;1H3. The normalized spacial score (nSPS) is 11.4. The summed E-state index contributed by atoms with van der Waals surface area (Å²) < 4.78 is 27.3. The van der Waals surface area contributed by atoms with Crippen molar-refractivity contribution >= 4 is 0 Å². The van der Waals surface area contributed by atoms with Crippen molar-refractivity contribution in [3.63, 3.8) is 0 Å². The second kappa shape index (κ2) is 7.50. The minimum atomic E-state index is -0.247. The van der Waals surface area contributed by atoms with Gasteiger partial charge in [-0.05, 0) is 53.6 Å². The smallest absolute Gasteiger partial charge is 0.123 e. The maximum absolute atomic E-state index is 13.6. The van der Waals surface area contributed by atoms with Crippen LogP contribution >= 0.6 is 0 Å². The predicted octanol–water partition coefficient (Wildman–Crippen LogP) is 6.09. The predicted molar refractivity (Wildman–Crippen MR) is 88.4 cm³/mol. The van der Waals surface area contributed by atoms with Gasteiger partial charge in [0.25, 0.3) is 0 Å². The van der Waals surface area contributed by atoms with Gasteiger partial charge in [-0.3, -0.25) is 0 Å². The lowest BCUT2D eigenvalue weighted by atomic mass is 9.67. The lowest BCUT2D eigenvalue weighted by Crippen LogP contribution is -2.25. The summed E-state index contributed by atoms with van der Waals surface area (Å²) in [6.45, 7) is 6.46. The summed E-state index contributed by atoms with van der Waals surface area (Å²) in [5.41, 5.74) is 1.78. The van der Waals surface area contributed by atoms with Gasteiger partial charge in [-0.15, -0.1) is 0 Å². The van der Waals surface area contributed by atoms with Crippen LogP contribution in [0.1, 0.15) is 50.7 Å². The van der Waals surface area contributed by atoms with E-state index in [0.717, 1.165) is 24.0 Å². The molecule has 3 N–H and O–H groups in total. The van der Waals surface area contributed by atoms with Gasteiger partial charge >= 0.3 is 0 Å². The summed E-state index contributed by atoms with van der Waals surface area (Å²) in [6.07, 6.45) is 1.89. The highest BCUT2D eigenvalue weighted by atomic mass is 19.1. The minimum absolute atomic E-state index is 0. The van der Waals surface area contributed by atoms with Gasteiger partial charge in [0.2, 0.25) is 0 Å². The fraction of sp³-hybridized carbons (Fsp3) is 0.368. The number of hydrogen-bond acceptors (Lipinski definition) is 1. The molecule has 0 bridgehead atoms. The van der Waals surface area contributed by atoms with Gasteiger partial charge in [0.05, 0.1) is 0 Å². The fourth-order valence-electron chi connectivity index (χ4n) is 3.03. The Bertz CT molecular complexity index is 560. The molecule has 0 aliphatic heterocycles. The average molecular weight is 305 g/mol. The molecule has 3 heteroatoms. The van der Waals surface area contributed by atoms with Crippen molar-refractivity contribution in [1.29, 1.82) is 0 Å². The largest absolute Gasteiger partial charge is 0.344 e. The van der Waals surface area contributed by atoms with Crippen molar-refractivity contribution in [1.82, 2.24) is 6.15 Å². The highest BCUT2D eigenvalue weighted by molar-refractivity contribution is 5.35. The van der Waals surface area contributed by atoms with Crippen molar-refractivity contribution in [2.45, 2.75) is 39.5 Å². The third kappa shape index (κ3) is 3.72. The zero-order valence-electron chi connectivity index (χ0n) is 13.6. The first-order valence-corrected chi connectivity index (χ1v) is 7.51. The van der Waals surface area contributed by atoms with Crippen LogP contribution in [0.3, 0.4) is 0 Å². The van der Waals surface area contributed by atoms with Gasteiger partial charge in [-0.25, -0.2) is 8.78 Å². The Balaban J connectivity index is 0.00000242. The lowest BCUT2D eigenvalue weighted by Gasteiger charge is -2.37. The van der Waals surface area contributed by atoms with E-state index in [2.05, 4.69) is 20.8 Å². The van der Waals surface area contributed by atoms with Crippen LogP contribution < -0.4 is 6.15 Å². The molecule has 0 aliphatic rings. The molecule has 0 atom stereocenters. The zero-order valence-corrected chi connectivity index (χ0v) is 13.6. The minimum Gasteiger partial charge on any atom is -0.344 e. The second-order valence-corrected chi connectivity index (χ2v) is 5.90. The van der Waals surface area contributed by atoms with E-state index in [0.29, 0.717) is 0 Å². The third-order valence-corrected chi connectivity index (χ3v) is 4.68. The van der Waals surface area contributed by atoms with Crippen LogP contribution in [0.25, 0.3) is 0 Å². The summed E-state index contributed by atoms with van der Waals surface area (Å²) in [7, 11) is 0. The Kier molecular flexibility index (Phi) is 6.24. The number of hydrogen-bond donors (Lipinski definition) is 1. The van der Waals surface area contributed by atoms with Crippen molar-refractivity contribution in [2.24, 2.45) is 5.41 Å². The Morgan fingerprint density at radius 3 is 1.59 bits per heavy atom. The molecule has 2 aromatic carbocycles. The molecule has 0 spiro atoms. The SMILES string of the molecule is CCC(C)(CC)C(c1cccc(F)c1)c1cccc(F)c1.N. The summed E-state index contributed by atoms with van der Waals surface area (Å²) in [5, 5.41) is 0. The highest BCUT2D eigenvalue weighted by Gasteiger charge is 2.33. The number of rotatable bonds is 5. The molecule has 0 unspecified atom stereocenters. The van der Waals surface area contributed by atoms with Crippen molar-refractivity contribution in [3.05, 3.63) is 71.3 Å². The van der Waals surface area contributed by atoms with Gasteiger partial charge in [-0.1, -0.05) is 45.0 Å². The Hall–Kier alpha value is -1.74. The summed E-state index contributed by atoms with van der Waals surface area (Å²) in [4.78, 5) is 0. The van der Waals surface area contributed by atoms with Gasteiger partial charge in [-0.2, -0.15) is 0 Å². The number of halogens is 2. The molecular formula is C19H25F2N. The maximum Gasteiger partial charge on any atom is 0.123 e. The second-order valence-electron chi connectivity index (χ2n) is 5.90. The van der Waals surface area contributed by atoms with Gasteiger partial charge < -0.3 is 6.15 Å². The Morgan fingerprint density at radius 1 is 0.864 bits per heavy atom. The molecule has 0 saturated heterocycles. The van der Waals surface area contributed by atoms with Crippen LogP contribution in [0.2, 0.25) is 0 Å². The lowest BCUT2D eigenvalue weighted by molar-refractivity contribution is 0.257. The van der Waals surface area contributed by atoms with E-state index >= 15 is 0 Å². The first-order valence-electron chi connectivity index (χ1n) is 7.51. The molecule has 1 nitrogen and oxygen atoms in total. The van der Waals surface area contributed by atoms with Crippen LogP contribution in [0.5, 0.6) is 0 Å². The van der Waals surface area contributed by atoms with Crippen molar-refractivity contribution < 1.29 is 8.78 Å². The van der Waals surface area contributed by atoms with E-state index in [-0.39, 0.29) is 29.1 Å². The highest BCUT2D eigenvalue weighted by Crippen LogP contribution is 2.45. The van der Waals surface area contributed by atoms with E-state index in [1.54, 1.807) is 24.3 Å². The van der Waals surface area contributed by atoms with E-state index in [1.165, 1.54) is 12.1 Å². The summed E-state index contributed by atoms with van der Waals surface area (Å²) in [6, 6.07) is 13.3. The molecule has 0 heterocycles. The maximum atomic E-state index is 13.6. The Morgan fingerprint density at radius 2 is 1.27 bits per heavy atom.